The molecule has 0 saturated heterocycles. The minimum atomic E-state index is -1.40. The van der Waals surface area contributed by atoms with Crippen molar-refractivity contribution in [2.75, 3.05) is 7.11 Å². The molecule has 0 unspecified atom stereocenters. The van der Waals surface area contributed by atoms with Gasteiger partial charge >= 0.3 is 12.1 Å². The first-order valence-corrected chi connectivity index (χ1v) is 3.53. The number of carbonyl (C=O) groups excluding carboxylic acids is 1. The van der Waals surface area contributed by atoms with E-state index < -0.39 is 12.1 Å². The van der Waals surface area contributed by atoms with E-state index in [4.69, 9.17) is 5.11 Å². The fraction of sp³-hybridized carbons (Fsp3) is 0.429. The van der Waals surface area contributed by atoms with Crippen LogP contribution in [0, 0.1) is 0 Å². The number of ether oxygens (including phenoxy) is 1. The topological polar surface area (TPSA) is 88.3 Å². The van der Waals surface area contributed by atoms with Crippen molar-refractivity contribution < 1.29 is 19.4 Å². The Bertz CT molecular complexity index is 257. The van der Waals surface area contributed by atoms with Crippen LogP contribution in [0.1, 0.15) is 13.3 Å². The zero-order chi connectivity index (χ0) is 10.3. The standard InChI is InChI=1S/C7H10N2O4/c1-3-5(4-6(10)13-2)8-9-7(11)12/h4H,3H2,1-2H3,(H,11,12)/b5-4+,9-8+. The van der Waals surface area contributed by atoms with Crippen LogP contribution < -0.4 is 0 Å². The Morgan fingerprint density at radius 1 is 1.46 bits per heavy atom. The number of hydrogen-bond donors (Lipinski definition) is 1. The molecule has 0 spiro atoms. The number of carboxylic acid groups (broad SMARTS) is 1. The van der Waals surface area contributed by atoms with Gasteiger partial charge in [0.1, 0.15) is 0 Å². The van der Waals surface area contributed by atoms with Gasteiger partial charge in [-0.2, -0.15) is 0 Å². The summed E-state index contributed by atoms with van der Waals surface area (Å²) in [5.41, 5.74) is 0.259. The lowest BCUT2D eigenvalue weighted by atomic mass is 10.3. The van der Waals surface area contributed by atoms with Gasteiger partial charge in [-0.05, 0) is 6.42 Å². The number of amides is 1. The normalized spacial score (nSPS) is 11.7. The first kappa shape index (κ1) is 11.3. The summed E-state index contributed by atoms with van der Waals surface area (Å²) in [5, 5.41) is 14.3. The summed E-state index contributed by atoms with van der Waals surface area (Å²) >= 11 is 0. The zero-order valence-electron chi connectivity index (χ0n) is 7.35. The lowest BCUT2D eigenvalue weighted by Gasteiger charge is -1.93. The number of methoxy groups -OCH3 is 1. The number of azo groups is 1. The third-order valence-electron chi connectivity index (χ3n) is 1.11. The highest BCUT2D eigenvalue weighted by molar-refractivity contribution is 5.82. The summed E-state index contributed by atoms with van der Waals surface area (Å²) in [5.74, 6) is -0.582. The molecule has 0 radical (unpaired) electrons. The predicted molar refractivity (Wildman–Crippen MR) is 43.3 cm³/mol. The van der Waals surface area contributed by atoms with Gasteiger partial charge in [0.25, 0.3) is 0 Å². The average molecular weight is 186 g/mol. The van der Waals surface area contributed by atoms with E-state index in [1.165, 1.54) is 7.11 Å². The molecule has 0 aromatic carbocycles. The van der Waals surface area contributed by atoms with E-state index in [1.54, 1.807) is 6.92 Å². The van der Waals surface area contributed by atoms with Gasteiger partial charge in [-0.3, -0.25) is 0 Å². The molecule has 0 aromatic rings. The fourth-order valence-corrected chi connectivity index (χ4v) is 0.504. The van der Waals surface area contributed by atoms with Crippen LogP contribution in [0.2, 0.25) is 0 Å². The van der Waals surface area contributed by atoms with Crippen molar-refractivity contribution in [2.45, 2.75) is 13.3 Å². The number of rotatable bonds is 3. The number of hydrogen-bond acceptors (Lipinski definition) is 4. The van der Waals surface area contributed by atoms with Crippen molar-refractivity contribution in [3.8, 4) is 0 Å². The van der Waals surface area contributed by atoms with Crippen LogP contribution in [0.5, 0.6) is 0 Å². The fourth-order valence-electron chi connectivity index (χ4n) is 0.504. The Kier molecular flexibility index (Phi) is 5.09. The van der Waals surface area contributed by atoms with Gasteiger partial charge in [0.15, 0.2) is 0 Å². The Morgan fingerprint density at radius 2 is 2.08 bits per heavy atom. The first-order chi connectivity index (χ1) is 6.10. The van der Waals surface area contributed by atoms with E-state index in [0.717, 1.165) is 6.08 Å². The molecular weight excluding hydrogens is 176 g/mol. The van der Waals surface area contributed by atoms with Gasteiger partial charge in [0.2, 0.25) is 0 Å². The molecule has 0 atom stereocenters. The highest BCUT2D eigenvalue weighted by Gasteiger charge is 1.99. The zero-order valence-corrected chi connectivity index (χ0v) is 7.35. The molecule has 1 N–H and O–H groups in total. The van der Waals surface area contributed by atoms with E-state index >= 15 is 0 Å². The average Bonchev–Trinajstić information content (AvgIpc) is 2.11. The van der Waals surface area contributed by atoms with Crippen LogP contribution in [0.15, 0.2) is 22.0 Å². The highest BCUT2D eigenvalue weighted by Crippen LogP contribution is 2.03. The Hall–Kier alpha value is -1.72. The van der Waals surface area contributed by atoms with E-state index in [2.05, 4.69) is 15.0 Å². The molecule has 1 amide bonds. The van der Waals surface area contributed by atoms with Crippen LogP contribution in [-0.4, -0.2) is 24.3 Å². The van der Waals surface area contributed by atoms with Crippen LogP contribution in [0.3, 0.4) is 0 Å². The Morgan fingerprint density at radius 3 is 2.46 bits per heavy atom. The number of allylic oxidation sites excluding steroid dienone is 1. The number of esters is 1. The molecule has 0 rings (SSSR count). The van der Waals surface area contributed by atoms with Crippen molar-refractivity contribution in [2.24, 2.45) is 10.2 Å². The van der Waals surface area contributed by atoms with E-state index in [9.17, 15) is 9.59 Å². The summed E-state index contributed by atoms with van der Waals surface area (Å²) in [4.78, 5) is 20.6. The summed E-state index contributed by atoms with van der Waals surface area (Å²) in [7, 11) is 1.22. The number of carbonyl (C=O) groups is 2. The highest BCUT2D eigenvalue weighted by atomic mass is 16.5. The van der Waals surface area contributed by atoms with Crippen molar-refractivity contribution in [3.63, 3.8) is 0 Å². The van der Waals surface area contributed by atoms with Gasteiger partial charge in [-0.1, -0.05) is 12.0 Å². The van der Waals surface area contributed by atoms with Crippen molar-refractivity contribution >= 4 is 12.1 Å². The second-order valence-corrected chi connectivity index (χ2v) is 1.99. The summed E-state index contributed by atoms with van der Waals surface area (Å²) < 4.78 is 4.32. The molecule has 6 heteroatoms. The predicted octanol–water partition coefficient (Wildman–Crippen LogP) is 1.58. The molecule has 0 aliphatic heterocycles. The lowest BCUT2D eigenvalue weighted by Crippen LogP contribution is -1.96. The molecule has 0 saturated carbocycles. The molecule has 72 valence electrons. The second kappa shape index (κ2) is 5.87. The van der Waals surface area contributed by atoms with Crippen molar-refractivity contribution in [3.05, 3.63) is 11.8 Å². The molecule has 0 aromatic heterocycles. The second-order valence-electron chi connectivity index (χ2n) is 1.99. The minimum Gasteiger partial charge on any atom is -0.466 e. The monoisotopic (exact) mass is 186 g/mol. The molecule has 13 heavy (non-hydrogen) atoms. The van der Waals surface area contributed by atoms with Gasteiger partial charge in [0.05, 0.1) is 12.8 Å². The largest absolute Gasteiger partial charge is 0.466 e. The third-order valence-corrected chi connectivity index (χ3v) is 1.11. The summed E-state index contributed by atoms with van der Waals surface area (Å²) in [6, 6.07) is 0. The van der Waals surface area contributed by atoms with Gasteiger partial charge in [0, 0.05) is 6.08 Å². The maximum Gasteiger partial charge on any atom is 0.449 e. The minimum absolute atomic E-state index is 0.259. The van der Waals surface area contributed by atoms with Crippen LogP contribution >= 0.6 is 0 Å². The molecular formula is C7H10N2O4. The van der Waals surface area contributed by atoms with Gasteiger partial charge in [-0.15, -0.1) is 5.11 Å². The van der Waals surface area contributed by atoms with Crippen LogP contribution in [0.25, 0.3) is 0 Å². The molecule has 0 bridgehead atoms. The molecule has 0 aliphatic rings. The molecule has 0 heterocycles. The van der Waals surface area contributed by atoms with Crippen LogP contribution in [-0.2, 0) is 9.53 Å². The molecule has 0 fully saturated rings. The van der Waals surface area contributed by atoms with E-state index in [1.807, 2.05) is 0 Å². The van der Waals surface area contributed by atoms with E-state index in [-0.39, 0.29) is 5.70 Å². The van der Waals surface area contributed by atoms with Crippen molar-refractivity contribution in [1.29, 1.82) is 0 Å². The quantitative estimate of drug-likeness (QED) is 0.411. The smallest absolute Gasteiger partial charge is 0.449 e. The Labute approximate surface area is 74.9 Å². The summed E-state index contributed by atoms with van der Waals surface area (Å²) in [6.07, 6.45) is 0.0995. The first-order valence-electron chi connectivity index (χ1n) is 3.53. The van der Waals surface area contributed by atoms with E-state index in [0.29, 0.717) is 6.42 Å². The van der Waals surface area contributed by atoms with Gasteiger partial charge in [-0.25, -0.2) is 9.59 Å². The maximum atomic E-state index is 10.7. The summed E-state index contributed by atoms with van der Waals surface area (Å²) in [6.45, 7) is 1.72. The van der Waals surface area contributed by atoms with Gasteiger partial charge < -0.3 is 9.84 Å². The molecule has 6 nitrogen and oxygen atoms in total. The Balaban J connectivity index is 4.42. The third kappa shape index (κ3) is 5.54. The van der Waals surface area contributed by atoms with Crippen molar-refractivity contribution in [1.82, 2.24) is 0 Å². The van der Waals surface area contributed by atoms with Crippen LogP contribution in [0.4, 0.5) is 4.79 Å². The maximum absolute atomic E-state index is 10.7. The molecule has 0 aliphatic carbocycles. The number of nitrogens with zero attached hydrogens (tertiary/aromatic N) is 2. The SMILES string of the molecule is CCC(=C\C(=O)OC)/N=N/C(=O)O. The lowest BCUT2D eigenvalue weighted by molar-refractivity contribution is -0.134.